The number of hydrogen-bond acceptors (Lipinski definition) is 0. The largest absolute Gasteiger partial charge is 0.118 e. The van der Waals surface area contributed by atoms with Crippen LogP contribution >= 0.6 is 11.6 Å². The molecule has 160 valence electrons. The van der Waals surface area contributed by atoms with Crippen molar-refractivity contribution in [2.45, 2.75) is 104 Å². The molecule has 28 heavy (non-hydrogen) atoms. The first-order valence-electron chi connectivity index (χ1n) is 12.6. The molecule has 0 aliphatic heterocycles. The van der Waals surface area contributed by atoms with Crippen LogP contribution in [0.1, 0.15) is 98.8 Å². The Labute approximate surface area is 180 Å². The van der Waals surface area contributed by atoms with Gasteiger partial charge in [0.05, 0.1) is 5.38 Å². The van der Waals surface area contributed by atoms with Gasteiger partial charge in [-0.05, 0) is 97.2 Å². The quantitative estimate of drug-likeness (QED) is 0.318. The number of allylic oxidation sites excluding steroid dienone is 2. The molecule has 0 nitrogen and oxygen atoms in total. The third-order valence-corrected chi connectivity index (χ3v) is 10.7. The predicted octanol–water partition coefficient (Wildman–Crippen LogP) is 8.49. The van der Waals surface area contributed by atoms with Gasteiger partial charge in [0.25, 0.3) is 0 Å². The highest BCUT2D eigenvalue weighted by atomic mass is 35.5. The molecule has 0 saturated heterocycles. The van der Waals surface area contributed by atoms with Gasteiger partial charge in [0, 0.05) is 0 Å². The molecule has 0 heterocycles. The van der Waals surface area contributed by atoms with Crippen molar-refractivity contribution in [3.63, 3.8) is 0 Å². The first-order valence-corrected chi connectivity index (χ1v) is 13.0. The van der Waals surface area contributed by atoms with E-state index in [-0.39, 0.29) is 5.38 Å². The van der Waals surface area contributed by atoms with Crippen molar-refractivity contribution in [2.75, 3.05) is 0 Å². The molecule has 0 aromatic carbocycles. The third kappa shape index (κ3) is 3.52. The Morgan fingerprint density at radius 2 is 1.75 bits per heavy atom. The summed E-state index contributed by atoms with van der Waals surface area (Å²) in [7, 11) is 0. The summed E-state index contributed by atoms with van der Waals surface area (Å²) in [6.07, 6.45) is 19.3. The van der Waals surface area contributed by atoms with Crippen molar-refractivity contribution in [2.24, 2.45) is 52.3 Å². The van der Waals surface area contributed by atoms with Gasteiger partial charge in [-0.2, -0.15) is 0 Å². The average Bonchev–Trinajstić information content (AvgIpc) is 2.99. The molecule has 1 unspecified atom stereocenters. The number of halogens is 1. The molecular weight excluding hydrogens is 360 g/mol. The molecule has 0 N–H and O–H groups in total. The first-order chi connectivity index (χ1) is 13.3. The molecule has 4 rings (SSSR count). The Hall–Kier alpha value is 0.0300. The van der Waals surface area contributed by atoms with Crippen molar-refractivity contribution in [1.82, 2.24) is 0 Å². The number of rotatable bonds is 5. The molecule has 0 radical (unpaired) electrons. The average molecular weight is 405 g/mol. The highest BCUT2D eigenvalue weighted by Gasteiger charge is 2.59. The van der Waals surface area contributed by atoms with Crippen LogP contribution in [0.2, 0.25) is 0 Å². The first kappa shape index (κ1) is 21.3. The second-order valence-corrected chi connectivity index (χ2v) is 12.7. The van der Waals surface area contributed by atoms with Gasteiger partial charge in [-0.1, -0.05) is 66.0 Å². The molecule has 4 aliphatic rings. The molecule has 0 aromatic heterocycles. The number of fused-ring (bicyclic) bond motifs is 5. The van der Waals surface area contributed by atoms with Crippen LogP contribution in [-0.4, -0.2) is 5.38 Å². The van der Waals surface area contributed by atoms with Crippen LogP contribution in [0.15, 0.2) is 12.2 Å². The summed E-state index contributed by atoms with van der Waals surface area (Å²) in [4.78, 5) is 0. The third-order valence-electron chi connectivity index (χ3n) is 10.3. The molecule has 3 fully saturated rings. The van der Waals surface area contributed by atoms with Gasteiger partial charge >= 0.3 is 0 Å². The van der Waals surface area contributed by atoms with Gasteiger partial charge in [0.15, 0.2) is 0 Å². The van der Waals surface area contributed by atoms with Crippen LogP contribution in [-0.2, 0) is 0 Å². The smallest absolute Gasteiger partial charge is 0.0519 e. The summed E-state index contributed by atoms with van der Waals surface area (Å²) in [6.45, 7) is 12.7. The summed E-state index contributed by atoms with van der Waals surface area (Å²) in [5.41, 5.74) is 1.05. The highest BCUT2D eigenvalue weighted by molar-refractivity contribution is 6.21. The summed E-state index contributed by atoms with van der Waals surface area (Å²) in [6, 6.07) is 0. The van der Waals surface area contributed by atoms with Crippen LogP contribution < -0.4 is 0 Å². The van der Waals surface area contributed by atoms with E-state index in [0.717, 1.165) is 41.4 Å². The standard InChI is InChI=1S/C27H45Cl/c1-18(2)7-6-8-19(3)23-11-12-24-22-10-9-20-17-21(28)13-15-26(20,4)25(22)14-16-27(23,24)5/h13,15,18-25H,6-12,14,16-17H2,1-5H3/t19-,20?,21+,22+,23-,24+,25+,26+,27-/m1/s1. The normalized spacial score (nSPS) is 48.8. The van der Waals surface area contributed by atoms with Gasteiger partial charge in [0.2, 0.25) is 0 Å². The van der Waals surface area contributed by atoms with Gasteiger partial charge in [-0.3, -0.25) is 0 Å². The van der Waals surface area contributed by atoms with E-state index in [1.807, 2.05) is 0 Å². The maximum Gasteiger partial charge on any atom is 0.0519 e. The minimum absolute atomic E-state index is 0.283. The molecule has 9 atom stereocenters. The molecule has 0 bridgehead atoms. The molecule has 0 aromatic rings. The topological polar surface area (TPSA) is 0 Å². The zero-order chi connectivity index (χ0) is 20.1. The van der Waals surface area contributed by atoms with E-state index in [1.165, 1.54) is 64.2 Å². The predicted molar refractivity (Wildman–Crippen MR) is 123 cm³/mol. The minimum atomic E-state index is 0.283. The molecule has 0 spiro atoms. The maximum atomic E-state index is 6.51. The number of hydrogen-bond donors (Lipinski definition) is 0. The van der Waals surface area contributed by atoms with Crippen LogP contribution in [0.5, 0.6) is 0 Å². The SMILES string of the molecule is CC(C)CCC[C@@H](C)[C@H]1CC[C@H]2[C@@H]3CCC4C[C@@H](Cl)C=C[C@]4(C)[C@H]3CC[C@]12C. The molecule has 0 amide bonds. The summed E-state index contributed by atoms with van der Waals surface area (Å²) < 4.78 is 0. The maximum absolute atomic E-state index is 6.51. The van der Waals surface area contributed by atoms with E-state index < -0.39 is 0 Å². The monoisotopic (exact) mass is 404 g/mol. The highest BCUT2D eigenvalue weighted by Crippen LogP contribution is 2.67. The van der Waals surface area contributed by atoms with Crippen LogP contribution in [0.4, 0.5) is 0 Å². The second-order valence-electron chi connectivity index (χ2n) is 12.2. The van der Waals surface area contributed by atoms with Crippen LogP contribution in [0, 0.1) is 52.3 Å². The van der Waals surface area contributed by atoms with E-state index in [0.29, 0.717) is 10.8 Å². The second kappa shape index (κ2) is 7.94. The van der Waals surface area contributed by atoms with Gasteiger partial charge < -0.3 is 0 Å². The van der Waals surface area contributed by atoms with E-state index in [9.17, 15) is 0 Å². The van der Waals surface area contributed by atoms with Crippen molar-refractivity contribution >= 4 is 11.6 Å². The lowest BCUT2D eigenvalue weighted by atomic mass is 9.45. The van der Waals surface area contributed by atoms with E-state index >= 15 is 0 Å². The lowest BCUT2D eigenvalue weighted by Crippen LogP contribution is -2.52. The van der Waals surface area contributed by atoms with Gasteiger partial charge in [-0.25, -0.2) is 0 Å². The fraction of sp³-hybridized carbons (Fsp3) is 0.926. The summed E-state index contributed by atoms with van der Waals surface area (Å²) in [5, 5.41) is 0.283. The van der Waals surface area contributed by atoms with Crippen LogP contribution in [0.3, 0.4) is 0 Å². The van der Waals surface area contributed by atoms with Crippen LogP contribution in [0.25, 0.3) is 0 Å². The fourth-order valence-corrected chi connectivity index (χ4v) is 9.08. The number of alkyl halides is 1. The van der Waals surface area contributed by atoms with Crippen molar-refractivity contribution in [1.29, 1.82) is 0 Å². The van der Waals surface area contributed by atoms with E-state index in [2.05, 4.69) is 46.8 Å². The Morgan fingerprint density at radius 1 is 0.964 bits per heavy atom. The Balaban J connectivity index is 1.48. The fourth-order valence-electron chi connectivity index (χ4n) is 8.79. The molecular formula is C27H45Cl. The zero-order valence-corrected chi connectivity index (χ0v) is 20.0. The van der Waals surface area contributed by atoms with Gasteiger partial charge in [0.1, 0.15) is 0 Å². The lowest BCUT2D eigenvalue weighted by molar-refractivity contribution is -0.0843. The van der Waals surface area contributed by atoms with Crippen molar-refractivity contribution in [3.05, 3.63) is 12.2 Å². The van der Waals surface area contributed by atoms with E-state index in [4.69, 9.17) is 11.6 Å². The summed E-state index contributed by atoms with van der Waals surface area (Å²) in [5.74, 6) is 6.47. The zero-order valence-electron chi connectivity index (χ0n) is 19.2. The molecule has 3 saturated carbocycles. The minimum Gasteiger partial charge on any atom is -0.118 e. The van der Waals surface area contributed by atoms with E-state index in [1.54, 1.807) is 0 Å². The molecule has 4 aliphatic carbocycles. The van der Waals surface area contributed by atoms with Crippen molar-refractivity contribution in [3.8, 4) is 0 Å². The Bertz CT molecular complexity index is 579. The summed E-state index contributed by atoms with van der Waals surface area (Å²) >= 11 is 6.51. The Kier molecular flexibility index (Phi) is 6.03. The molecule has 1 heteroatoms. The van der Waals surface area contributed by atoms with Crippen molar-refractivity contribution < 1.29 is 0 Å². The van der Waals surface area contributed by atoms with Gasteiger partial charge in [-0.15, -0.1) is 11.6 Å². The Morgan fingerprint density at radius 3 is 2.50 bits per heavy atom. The lowest BCUT2D eigenvalue weighted by Gasteiger charge is -2.59.